The van der Waals surface area contributed by atoms with Crippen LogP contribution in [-0.2, 0) is 6.18 Å². The average molecular weight is 228 g/mol. The Kier molecular flexibility index (Phi) is 2.22. The summed E-state index contributed by atoms with van der Waals surface area (Å²) < 4.78 is 38.5. The number of carbonyl (C=O) groups excluding carboxylic acids is 1. The fourth-order valence-corrected chi connectivity index (χ4v) is 1.40. The Balaban J connectivity index is 2.73. The Hall–Kier alpha value is -1.85. The van der Waals surface area contributed by atoms with Crippen molar-refractivity contribution in [2.45, 2.75) is 13.1 Å². The summed E-state index contributed by atoms with van der Waals surface area (Å²) in [7, 11) is 0. The zero-order valence-corrected chi connectivity index (χ0v) is 8.25. The summed E-state index contributed by atoms with van der Waals surface area (Å²) in [4.78, 5) is 11.0. The minimum Gasteiger partial charge on any atom is -0.293 e. The molecule has 0 unspecified atom stereocenters. The molecule has 0 amide bonds. The van der Waals surface area contributed by atoms with Gasteiger partial charge in [-0.25, -0.2) is 4.52 Å². The minimum absolute atomic E-state index is 0.0247. The molecule has 0 bridgehead atoms. The molecule has 2 aromatic heterocycles. The summed E-state index contributed by atoms with van der Waals surface area (Å²) >= 11 is 0. The van der Waals surface area contributed by atoms with Crippen molar-refractivity contribution in [2.75, 3.05) is 0 Å². The minimum atomic E-state index is -4.49. The van der Waals surface area contributed by atoms with Crippen molar-refractivity contribution >= 4 is 11.3 Å². The van der Waals surface area contributed by atoms with Gasteiger partial charge in [-0.05, 0) is 18.2 Å². The van der Waals surface area contributed by atoms with Gasteiger partial charge in [0.05, 0.1) is 5.52 Å². The third-order valence-electron chi connectivity index (χ3n) is 2.14. The number of halogens is 3. The van der Waals surface area contributed by atoms with Gasteiger partial charge in [-0.15, -0.1) is 0 Å². The van der Waals surface area contributed by atoms with Crippen molar-refractivity contribution in [1.29, 1.82) is 0 Å². The maximum atomic E-state index is 12.6. The molecule has 0 saturated heterocycles. The standard InChI is InChI=1S/C10H7F3N2O/c1-6(16)8-5-7-3-2-4-9(10(11,12)13)15(7)14-8/h2-5H,1H3. The molecule has 6 heteroatoms. The van der Waals surface area contributed by atoms with Gasteiger partial charge in [-0.3, -0.25) is 4.79 Å². The predicted molar refractivity (Wildman–Crippen MR) is 50.2 cm³/mol. The van der Waals surface area contributed by atoms with Crippen LogP contribution in [0.3, 0.4) is 0 Å². The lowest BCUT2D eigenvalue weighted by Crippen LogP contribution is -2.12. The first-order valence-corrected chi connectivity index (χ1v) is 4.46. The van der Waals surface area contributed by atoms with Gasteiger partial charge in [0.25, 0.3) is 0 Å². The fourth-order valence-electron chi connectivity index (χ4n) is 1.40. The van der Waals surface area contributed by atoms with Crippen LogP contribution in [0.4, 0.5) is 13.2 Å². The number of pyridine rings is 1. The van der Waals surface area contributed by atoms with E-state index in [9.17, 15) is 18.0 Å². The number of rotatable bonds is 1. The number of carbonyl (C=O) groups is 1. The molecule has 0 fully saturated rings. The number of fused-ring (bicyclic) bond motifs is 1. The third-order valence-corrected chi connectivity index (χ3v) is 2.14. The van der Waals surface area contributed by atoms with E-state index in [-0.39, 0.29) is 17.0 Å². The van der Waals surface area contributed by atoms with E-state index in [4.69, 9.17) is 0 Å². The van der Waals surface area contributed by atoms with Crippen LogP contribution in [0.25, 0.3) is 5.52 Å². The summed E-state index contributed by atoms with van der Waals surface area (Å²) in [6.45, 7) is 1.26. The summed E-state index contributed by atoms with van der Waals surface area (Å²) in [5, 5.41) is 3.63. The first-order chi connectivity index (χ1) is 7.39. The zero-order valence-electron chi connectivity index (χ0n) is 8.25. The number of aromatic nitrogens is 2. The van der Waals surface area contributed by atoms with E-state index in [2.05, 4.69) is 5.10 Å². The molecule has 0 radical (unpaired) electrons. The topological polar surface area (TPSA) is 34.4 Å². The van der Waals surface area contributed by atoms with E-state index in [1.54, 1.807) is 0 Å². The number of nitrogens with zero attached hydrogens (tertiary/aromatic N) is 2. The number of Topliss-reactive ketones (excluding diaryl/α,β-unsaturated/α-hetero) is 1. The van der Waals surface area contributed by atoms with Gasteiger partial charge in [0, 0.05) is 6.92 Å². The van der Waals surface area contributed by atoms with Gasteiger partial charge in [0.2, 0.25) is 0 Å². The zero-order chi connectivity index (χ0) is 11.9. The van der Waals surface area contributed by atoms with Crippen LogP contribution in [0.5, 0.6) is 0 Å². The first-order valence-electron chi connectivity index (χ1n) is 4.46. The number of hydrogen-bond donors (Lipinski definition) is 0. The Morgan fingerprint density at radius 1 is 1.38 bits per heavy atom. The molecule has 0 aliphatic heterocycles. The van der Waals surface area contributed by atoms with E-state index in [1.165, 1.54) is 25.1 Å². The molecule has 84 valence electrons. The van der Waals surface area contributed by atoms with Crippen LogP contribution in [0.2, 0.25) is 0 Å². The highest BCUT2D eigenvalue weighted by atomic mass is 19.4. The SMILES string of the molecule is CC(=O)c1cc2cccc(C(F)(F)F)n2n1. The lowest BCUT2D eigenvalue weighted by Gasteiger charge is -2.07. The predicted octanol–water partition coefficient (Wildman–Crippen LogP) is 2.56. The van der Waals surface area contributed by atoms with Crippen LogP contribution < -0.4 is 0 Å². The molecule has 0 aliphatic carbocycles. The Bertz CT molecular complexity index is 557. The maximum Gasteiger partial charge on any atom is 0.433 e. The summed E-state index contributed by atoms with van der Waals surface area (Å²) in [5.74, 6) is -0.364. The third kappa shape index (κ3) is 1.66. The van der Waals surface area contributed by atoms with Crippen molar-refractivity contribution in [2.24, 2.45) is 0 Å². The van der Waals surface area contributed by atoms with Crippen LogP contribution in [0, 0.1) is 0 Å². The smallest absolute Gasteiger partial charge is 0.293 e. The van der Waals surface area contributed by atoms with Gasteiger partial charge >= 0.3 is 6.18 Å². The van der Waals surface area contributed by atoms with E-state index in [0.29, 0.717) is 0 Å². The van der Waals surface area contributed by atoms with Gasteiger partial charge in [0.15, 0.2) is 5.78 Å². The van der Waals surface area contributed by atoms with Crippen LogP contribution in [0.1, 0.15) is 23.1 Å². The van der Waals surface area contributed by atoms with Crippen molar-refractivity contribution in [3.63, 3.8) is 0 Å². The summed E-state index contributed by atoms with van der Waals surface area (Å²) in [6.07, 6.45) is -4.49. The van der Waals surface area contributed by atoms with Gasteiger partial charge in [-0.1, -0.05) is 6.07 Å². The normalized spacial score (nSPS) is 12.0. The van der Waals surface area contributed by atoms with Crippen LogP contribution >= 0.6 is 0 Å². The molecule has 0 N–H and O–H groups in total. The molecule has 0 aliphatic rings. The molecule has 2 rings (SSSR count). The second-order valence-corrected chi connectivity index (χ2v) is 3.33. The first kappa shape index (κ1) is 10.7. The van der Waals surface area contributed by atoms with Crippen LogP contribution in [0.15, 0.2) is 24.3 Å². The van der Waals surface area contributed by atoms with E-state index < -0.39 is 11.9 Å². The van der Waals surface area contributed by atoms with Crippen molar-refractivity contribution in [3.05, 3.63) is 35.7 Å². The van der Waals surface area contributed by atoms with Crippen molar-refractivity contribution in [1.82, 2.24) is 9.61 Å². The molecule has 3 nitrogen and oxygen atoms in total. The van der Waals surface area contributed by atoms with Gasteiger partial charge < -0.3 is 0 Å². The number of hydrogen-bond acceptors (Lipinski definition) is 2. The molecule has 2 aromatic rings. The molecule has 0 aromatic carbocycles. The van der Waals surface area contributed by atoms with Gasteiger partial charge in [0.1, 0.15) is 11.4 Å². The lowest BCUT2D eigenvalue weighted by atomic mass is 10.3. The highest BCUT2D eigenvalue weighted by Gasteiger charge is 2.34. The lowest BCUT2D eigenvalue weighted by molar-refractivity contribution is -0.142. The van der Waals surface area contributed by atoms with E-state index in [0.717, 1.165) is 10.6 Å². The average Bonchev–Trinajstić information content (AvgIpc) is 2.58. The van der Waals surface area contributed by atoms with Crippen molar-refractivity contribution in [3.8, 4) is 0 Å². The fraction of sp³-hybridized carbons (Fsp3) is 0.200. The Labute approximate surface area is 88.5 Å². The molecule has 0 saturated carbocycles. The highest BCUT2D eigenvalue weighted by Crippen LogP contribution is 2.29. The van der Waals surface area contributed by atoms with E-state index in [1.807, 2.05) is 0 Å². The van der Waals surface area contributed by atoms with Crippen LogP contribution in [-0.4, -0.2) is 15.4 Å². The molecular formula is C10H7F3N2O. The number of ketones is 1. The number of alkyl halides is 3. The maximum absolute atomic E-state index is 12.6. The highest BCUT2D eigenvalue weighted by molar-refractivity contribution is 5.93. The second-order valence-electron chi connectivity index (χ2n) is 3.33. The summed E-state index contributed by atoms with van der Waals surface area (Å²) in [5.41, 5.74) is -0.616. The quantitative estimate of drug-likeness (QED) is 0.703. The molecule has 16 heavy (non-hydrogen) atoms. The van der Waals surface area contributed by atoms with Gasteiger partial charge in [-0.2, -0.15) is 18.3 Å². The van der Waals surface area contributed by atoms with E-state index >= 15 is 0 Å². The molecule has 2 heterocycles. The summed E-state index contributed by atoms with van der Waals surface area (Å²) in [6, 6.07) is 5.00. The molecule has 0 atom stereocenters. The molecule has 0 spiro atoms. The monoisotopic (exact) mass is 228 g/mol. The molecular weight excluding hydrogens is 221 g/mol. The second kappa shape index (κ2) is 3.33. The Morgan fingerprint density at radius 2 is 2.06 bits per heavy atom. The van der Waals surface area contributed by atoms with Crippen molar-refractivity contribution < 1.29 is 18.0 Å². The Morgan fingerprint density at radius 3 is 2.62 bits per heavy atom. The largest absolute Gasteiger partial charge is 0.433 e.